The highest BCUT2D eigenvalue weighted by Gasteiger charge is 2.69. The summed E-state index contributed by atoms with van der Waals surface area (Å²) in [6, 6.07) is 10.9. The molecule has 3 nitrogen and oxygen atoms in total. The molecule has 4 atom stereocenters. The molecule has 0 saturated carbocycles. The molecule has 0 aromatic heterocycles. The SMILES string of the molecule is CC1(C)C2=C1C1COC(c3ccccc3)N1C1OC21. The van der Waals surface area contributed by atoms with Gasteiger partial charge in [-0.1, -0.05) is 44.2 Å². The number of nitrogens with zero attached hydrogens (tertiary/aromatic N) is 1. The van der Waals surface area contributed by atoms with Crippen LogP contribution in [-0.4, -0.2) is 29.9 Å². The molecule has 1 aromatic rings. The van der Waals surface area contributed by atoms with Gasteiger partial charge in [0.15, 0.2) is 0 Å². The van der Waals surface area contributed by atoms with Crippen molar-refractivity contribution >= 4 is 0 Å². The molecule has 1 aromatic carbocycles. The Bertz CT molecular complexity index is 592. The van der Waals surface area contributed by atoms with E-state index in [1.54, 1.807) is 11.1 Å². The van der Waals surface area contributed by atoms with E-state index in [1.807, 2.05) is 6.07 Å². The summed E-state index contributed by atoms with van der Waals surface area (Å²) in [4.78, 5) is 2.44. The van der Waals surface area contributed by atoms with Gasteiger partial charge in [0.2, 0.25) is 0 Å². The van der Waals surface area contributed by atoms with E-state index in [4.69, 9.17) is 9.47 Å². The highest BCUT2D eigenvalue weighted by atomic mass is 16.6. The van der Waals surface area contributed by atoms with Gasteiger partial charge in [0.25, 0.3) is 0 Å². The highest BCUT2D eigenvalue weighted by Crippen LogP contribution is 2.66. The first-order valence-electron chi connectivity index (χ1n) is 7.04. The lowest BCUT2D eigenvalue weighted by molar-refractivity contribution is 0.00610. The number of epoxide rings is 1. The first kappa shape index (κ1) is 10.6. The van der Waals surface area contributed by atoms with Crippen LogP contribution < -0.4 is 0 Å². The lowest BCUT2D eigenvalue weighted by atomic mass is 10.0. The minimum absolute atomic E-state index is 0.0617. The van der Waals surface area contributed by atoms with Gasteiger partial charge in [0, 0.05) is 5.41 Å². The Morgan fingerprint density at radius 2 is 1.95 bits per heavy atom. The predicted octanol–water partition coefficient (Wildman–Crippen LogP) is 2.46. The van der Waals surface area contributed by atoms with Crippen molar-refractivity contribution in [1.29, 1.82) is 0 Å². The van der Waals surface area contributed by atoms with Gasteiger partial charge in [-0.15, -0.1) is 0 Å². The van der Waals surface area contributed by atoms with Crippen molar-refractivity contribution in [2.24, 2.45) is 5.41 Å². The topological polar surface area (TPSA) is 25.0 Å². The molecule has 3 heteroatoms. The zero-order valence-electron chi connectivity index (χ0n) is 11.2. The van der Waals surface area contributed by atoms with Crippen molar-refractivity contribution in [2.75, 3.05) is 6.61 Å². The van der Waals surface area contributed by atoms with Crippen LogP contribution in [0.15, 0.2) is 41.5 Å². The van der Waals surface area contributed by atoms with Gasteiger partial charge in [-0.05, 0) is 16.7 Å². The fourth-order valence-electron chi connectivity index (χ4n) is 4.12. The van der Waals surface area contributed by atoms with E-state index in [-0.39, 0.29) is 17.9 Å². The lowest BCUT2D eigenvalue weighted by Gasteiger charge is -2.27. The lowest BCUT2D eigenvalue weighted by Crippen LogP contribution is -2.37. The van der Waals surface area contributed by atoms with E-state index in [9.17, 15) is 0 Å². The summed E-state index contributed by atoms with van der Waals surface area (Å²) in [6.45, 7) is 5.43. The number of ether oxygens (including phenoxy) is 2. The summed E-state index contributed by atoms with van der Waals surface area (Å²) < 4.78 is 12.0. The molecule has 2 saturated heterocycles. The van der Waals surface area contributed by atoms with Crippen LogP contribution in [0.1, 0.15) is 25.6 Å². The molecule has 4 aliphatic rings. The van der Waals surface area contributed by atoms with Crippen molar-refractivity contribution in [3.63, 3.8) is 0 Å². The predicted molar refractivity (Wildman–Crippen MR) is 70.2 cm³/mol. The molecular formula is C16H17NO2. The Balaban J connectivity index is 1.54. The van der Waals surface area contributed by atoms with Crippen LogP contribution >= 0.6 is 0 Å². The van der Waals surface area contributed by atoms with Gasteiger partial charge in [-0.25, -0.2) is 4.90 Å². The van der Waals surface area contributed by atoms with E-state index in [2.05, 4.69) is 43.0 Å². The molecule has 3 heterocycles. The monoisotopic (exact) mass is 255 g/mol. The zero-order chi connectivity index (χ0) is 12.8. The minimum atomic E-state index is 0.0617. The summed E-state index contributed by atoms with van der Waals surface area (Å²) in [5, 5.41) is 0. The van der Waals surface area contributed by atoms with Crippen LogP contribution in [0, 0.1) is 5.41 Å². The number of fused-ring (bicyclic) bond motifs is 5. The minimum Gasteiger partial charge on any atom is -0.357 e. The number of rotatable bonds is 1. The Morgan fingerprint density at radius 1 is 1.16 bits per heavy atom. The Kier molecular flexibility index (Phi) is 1.74. The summed E-state index contributed by atoms with van der Waals surface area (Å²) >= 11 is 0. The van der Waals surface area contributed by atoms with Crippen molar-refractivity contribution in [1.82, 2.24) is 4.90 Å². The summed E-state index contributed by atoms with van der Waals surface area (Å²) in [7, 11) is 0. The van der Waals surface area contributed by atoms with Crippen molar-refractivity contribution in [3.05, 3.63) is 47.0 Å². The average molecular weight is 255 g/mol. The molecule has 0 spiro atoms. The molecule has 19 heavy (non-hydrogen) atoms. The van der Waals surface area contributed by atoms with Gasteiger partial charge in [0.05, 0.1) is 12.6 Å². The largest absolute Gasteiger partial charge is 0.357 e. The normalized spacial score (nSPS) is 41.6. The second-order valence-corrected chi connectivity index (χ2v) is 6.46. The first-order chi connectivity index (χ1) is 9.19. The third kappa shape index (κ3) is 1.19. The number of benzene rings is 1. The van der Waals surface area contributed by atoms with Gasteiger partial charge >= 0.3 is 0 Å². The molecule has 5 rings (SSSR count). The Hall–Kier alpha value is -1.16. The molecule has 98 valence electrons. The van der Waals surface area contributed by atoms with Gasteiger partial charge in [-0.2, -0.15) is 0 Å². The first-order valence-corrected chi connectivity index (χ1v) is 7.04. The quantitative estimate of drug-likeness (QED) is 0.569. The molecule has 0 bridgehead atoms. The maximum absolute atomic E-state index is 6.09. The van der Waals surface area contributed by atoms with Crippen LogP contribution in [0.25, 0.3) is 0 Å². The van der Waals surface area contributed by atoms with Crippen LogP contribution in [0.4, 0.5) is 0 Å². The van der Waals surface area contributed by atoms with Gasteiger partial charge in [0.1, 0.15) is 18.6 Å². The van der Waals surface area contributed by atoms with Crippen LogP contribution in [0.3, 0.4) is 0 Å². The standard InChI is InChI=1S/C16H17NO2/c1-16(2)11-10-8-18-14(9-6-4-3-5-7-9)17(10)15-13(19-15)12(11)16/h3-7,10,13-15H,8H2,1-2H3. The molecule has 0 N–H and O–H groups in total. The van der Waals surface area contributed by atoms with E-state index >= 15 is 0 Å². The van der Waals surface area contributed by atoms with Crippen molar-refractivity contribution in [2.45, 2.75) is 38.4 Å². The highest BCUT2D eigenvalue weighted by molar-refractivity contribution is 5.57. The van der Waals surface area contributed by atoms with E-state index < -0.39 is 0 Å². The number of hydrogen-bond donors (Lipinski definition) is 0. The number of hydrogen-bond acceptors (Lipinski definition) is 3. The van der Waals surface area contributed by atoms with Gasteiger partial charge in [-0.3, -0.25) is 0 Å². The third-order valence-corrected chi connectivity index (χ3v) is 5.08. The van der Waals surface area contributed by atoms with E-state index in [1.165, 1.54) is 5.56 Å². The van der Waals surface area contributed by atoms with Gasteiger partial charge < -0.3 is 9.47 Å². The van der Waals surface area contributed by atoms with Crippen LogP contribution in [0.5, 0.6) is 0 Å². The molecule has 0 radical (unpaired) electrons. The maximum Gasteiger partial charge on any atom is 0.144 e. The summed E-state index contributed by atoms with van der Waals surface area (Å²) in [5.74, 6) is 0. The average Bonchev–Trinajstić information content (AvgIpc) is 3.25. The van der Waals surface area contributed by atoms with E-state index in [0.717, 1.165) is 6.61 Å². The molecule has 4 unspecified atom stereocenters. The smallest absolute Gasteiger partial charge is 0.144 e. The molecular weight excluding hydrogens is 238 g/mol. The Morgan fingerprint density at radius 3 is 2.74 bits per heavy atom. The molecule has 2 fully saturated rings. The molecule has 3 aliphatic heterocycles. The molecule has 0 amide bonds. The van der Waals surface area contributed by atoms with Crippen LogP contribution in [0.2, 0.25) is 0 Å². The van der Waals surface area contributed by atoms with E-state index in [0.29, 0.717) is 12.1 Å². The summed E-state index contributed by atoms with van der Waals surface area (Å²) in [5.41, 5.74) is 4.64. The van der Waals surface area contributed by atoms with Crippen molar-refractivity contribution < 1.29 is 9.47 Å². The second kappa shape index (κ2) is 3.11. The molecule has 1 aliphatic carbocycles. The van der Waals surface area contributed by atoms with Crippen LogP contribution in [-0.2, 0) is 9.47 Å². The Labute approximate surface area is 112 Å². The van der Waals surface area contributed by atoms with Crippen molar-refractivity contribution in [3.8, 4) is 0 Å². The summed E-state index contributed by atoms with van der Waals surface area (Å²) in [6.07, 6.45) is 0.652. The fourth-order valence-corrected chi connectivity index (χ4v) is 4.12. The third-order valence-electron chi connectivity index (χ3n) is 5.08. The zero-order valence-corrected chi connectivity index (χ0v) is 11.2. The maximum atomic E-state index is 6.09. The fraction of sp³-hybridized carbons (Fsp3) is 0.500. The second-order valence-electron chi connectivity index (χ2n) is 6.46.